The van der Waals surface area contributed by atoms with Crippen LogP contribution in [0.5, 0.6) is 5.75 Å². The molecule has 1 N–H and O–H groups in total. The fourth-order valence-corrected chi connectivity index (χ4v) is 5.72. The smallest absolute Gasteiger partial charge is 0.410 e. The Labute approximate surface area is 225 Å². The van der Waals surface area contributed by atoms with Gasteiger partial charge in [-0.3, -0.25) is 0 Å². The predicted molar refractivity (Wildman–Crippen MR) is 143 cm³/mol. The summed E-state index contributed by atoms with van der Waals surface area (Å²) in [6.07, 6.45) is -1.47. The molecule has 0 aliphatic carbocycles. The zero-order valence-corrected chi connectivity index (χ0v) is 23.6. The summed E-state index contributed by atoms with van der Waals surface area (Å²) in [5.41, 5.74) is 0.233. The number of likely N-dealkylation sites (tertiary alicyclic amines) is 1. The van der Waals surface area contributed by atoms with Gasteiger partial charge in [-0.05, 0) is 68.7 Å². The van der Waals surface area contributed by atoms with Crippen LogP contribution in [0.15, 0.2) is 53.4 Å². The van der Waals surface area contributed by atoms with Crippen molar-refractivity contribution in [2.75, 3.05) is 19.6 Å². The highest BCUT2D eigenvalue weighted by molar-refractivity contribution is 7.89. The number of halogens is 1. The molecule has 2 aromatic carbocycles. The molecule has 10 heteroatoms. The average molecular weight is 553 g/mol. The van der Waals surface area contributed by atoms with Crippen molar-refractivity contribution in [1.82, 2.24) is 9.21 Å². The number of amides is 1. The number of hydrogen-bond donors (Lipinski definition) is 1. The molecule has 8 nitrogen and oxygen atoms in total. The second kappa shape index (κ2) is 12.0. The Bertz CT molecular complexity index is 1150. The van der Waals surface area contributed by atoms with E-state index in [1.807, 2.05) is 26.0 Å². The van der Waals surface area contributed by atoms with E-state index >= 15 is 0 Å². The summed E-state index contributed by atoms with van der Waals surface area (Å²) in [5, 5.41) is 11.2. The van der Waals surface area contributed by atoms with Crippen LogP contribution in [0.2, 0.25) is 5.02 Å². The van der Waals surface area contributed by atoms with Crippen molar-refractivity contribution in [3.8, 4) is 5.75 Å². The van der Waals surface area contributed by atoms with Crippen molar-refractivity contribution in [2.45, 2.75) is 70.3 Å². The molecule has 2 aromatic rings. The molecule has 1 amide bonds. The Hall–Kier alpha value is -2.33. The second-order valence-corrected chi connectivity index (χ2v) is 13.1. The quantitative estimate of drug-likeness (QED) is 0.498. The zero-order chi connectivity index (χ0) is 27.4. The van der Waals surface area contributed by atoms with Gasteiger partial charge in [0, 0.05) is 31.1 Å². The summed E-state index contributed by atoms with van der Waals surface area (Å²) in [6, 6.07) is 13.4. The minimum Gasteiger partial charge on any atom is -0.488 e. The molecule has 3 rings (SSSR count). The third-order valence-corrected chi connectivity index (χ3v) is 7.84. The number of carbonyl (C=O) groups is 1. The van der Waals surface area contributed by atoms with E-state index in [1.54, 1.807) is 45.0 Å². The number of carbonyl (C=O) groups excluding carboxylic acids is 1. The van der Waals surface area contributed by atoms with Crippen LogP contribution in [0, 0.1) is 5.92 Å². The highest BCUT2D eigenvalue weighted by Crippen LogP contribution is 2.25. The van der Waals surface area contributed by atoms with Crippen LogP contribution in [0.25, 0.3) is 0 Å². The monoisotopic (exact) mass is 552 g/mol. The first-order chi connectivity index (χ1) is 17.2. The lowest BCUT2D eigenvalue weighted by molar-refractivity contribution is -0.0374. The molecule has 0 radical (unpaired) electrons. The number of benzene rings is 2. The topological polar surface area (TPSA) is 96.4 Å². The minimum absolute atomic E-state index is 0.0981. The zero-order valence-electron chi connectivity index (χ0n) is 22.1. The predicted octanol–water partition coefficient (Wildman–Crippen LogP) is 4.94. The van der Waals surface area contributed by atoms with E-state index in [-0.39, 0.29) is 23.9 Å². The Morgan fingerprint density at radius 2 is 1.76 bits per heavy atom. The van der Waals surface area contributed by atoms with Gasteiger partial charge < -0.3 is 19.5 Å². The van der Waals surface area contributed by atoms with E-state index < -0.39 is 33.9 Å². The molecule has 0 aromatic heterocycles. The van der Waals surface area contributed by atoms with E-state index in [9.17, 15) is 18.3 Å². The van der Waals surface area contributed by atoms with Crippen LogP contribution >= 0.6 is 11.6 Å². The van der Waals surface area contributed by atoms with Gasteiger partial charge in [0.05, 0.1) is 11.4 Å². The van der Waals surface area contributed by atoms with E-state index in [0.717, 1.165) is 5.56 Å². The van der Waals surface area contributed by atoms with Gasteiger partial charge in [0.1, 0.15) is 23.6 Å². The number of aliphatic hydroxyl groups excluding tert-OH is 1. The Morgan fingerprint density at radius 1 is 1.14 bits per heavy atom. The minimum atomic E-state index is -3.76. The number of sulfonamides is 1. The summed E-state index contributed by atoms with van der Waals surface area (Å²) >= 11 is 5.97. The number of β-amino-alcohol motifs (C(OH)–C–C–N with tert-alkyl or cyclic N) is 1. The van der Waals surface area contributed by atoms with Gasteiger partial charge in [-0.25, -0.2) is 13.2 Å². The molecule has 1 fully saturated rings. The highest BCUT2D eigenvalue weighted by Gasteiger charge is 2.34. The Morgan fingerprint density at radius 3 is 2.30 bits per heavy atom. The van der Waals surface area contributed by atoms with Gasteiger partial charge in [0.2, 0.25) is 10.0 Å². The van der Waals surface area contributed by atoms with E-state index in [4.69, 9.17) is 21.1 Å². The Balaban J connectivity index is 1.66. The molecule has 204 valence electrons. The van der Waals surface area contributed by atoms with Gasteiger partial charge in [-0.15, -0.1) is 0 Å². The molecule has 0 saturated carbocycles. The maximum atomic E-state index is 13.5. The molecule has 0 bridgehead atoms. The molecule has 37 heavy (non-hydrogen) atoms. The molecular formula is C27H37ClN2O6S. The lowest BCUT2D eigenvalue weighted by atomic mass is 10.1. The van der Waals surface area contributed by atoms with E-state index in [2.05, 4.69) is 0 Å². The van der Waals surface area contributed by atoms with E-state index in [0.29, 0.717) is 30.3 Å². The molecule has 1 saturated heterocycles. The first-order valence-electron chi connectivity index (χ1n) is 12.4. The van der Waals surface area contributed by atoms with Crippen LogP contribution in [0.1, 0.15) is 46.6 Å². The third kappa shape index (κ3) is 8.33. The average Bonchev–Trinajstić information content (AvgIpc) is 2.80. The van der Waals surface area contributed by atoms with Crippen LogP contribution in [0.3, 0.4) is 0 Å². The number of hydrogen-bond acceptors (Lipinski definition) is 6. The third-order valence-electron chi connectivity index (χ3n) is 5.76. The van der Waals surface area contributed by atoms with Crippen molar-refractivity contribution in [2.24, 2.45) is 5.92 Å². The normalized spacial score (nSPS) is 18.8. The van der Waals surface area contributed by atoms with Crippen LogP contribution in [-0.2, 0) is 21.3 Å². The number of piperidine rings is 1. The largest absolute Gasteiger partial charge is 0.488 e. The molecule has 1 aliphatic heterocycles. The lowest BCUT2D eigenvalue weighted by Crippen LogP contribution is -2.52. The molecule has 0 spiro atoms. The number of ether oxygens (including phenoxy) is 2. The molecular weight excluding hydrogens is 516 g/mol. The van der Waals surface area contributed by atoms with Gasteiger partial charge >= 0.3 is 6.09 Å². The first kappa shape index (κ1) is 29.2. The van der Waals surface area contributed by atoms with Gasteiger partial charge in [-0.2, -0.15) is 4.31 Å². The SMILES string of the molecule is CC(C)CN(Cc1ccc(Cl)cc1)S(=O)(=O)c1ccc(O[C@H]2CCN(C(=O)OC(C)(C)C)C[C@@H]2O)cc1. The fourth-order valence-electron chi connectivity index (χ4n) is 4.00. The highest BCUT2D eigenvalue weighted by atomic mass is 35.5. The standard InChI is InChI=1S/C27H37ClN2O6S/c1-19(2)16-30(17-20-6-8-21(28)9-7-20)37(33,34)23-12-10-22(11-13-23)35-25-14-15-29(18-24(25)31)26(32)36-27(3,4)5/h6-13,19,24-25,31H,14-18H2,1-5H3/t24-,25-/m0/s1. The van der Waals surface area contributed by atoms with Crippen molar-refractivity contribution < 1.29 is 27.8 Å². The van der Waals surface area contributed by atoms with Crippen LogP contribution in [-0.4, -0.2) is 66.3 Å². The lowest BCUT2D eigenvalue weighted by Gasteiger charge is -2.36. The van der Waals surface area contributed by atoms with Crippen LogP contribution < -0.4 is 4.74 Å². The second-order valence-electron chi connectivity index (χ2n) is 10.7. The molecule has 2 atom stereocenters. The maximum Gasteiger partial charge on any atom is 0.410 e. The van der Waals surface area contributed by atoms with Gasteiger partial charge in [0.15, 0.2) is 0 Å². The van der Waals surface area contributed by atoms with Crippen molar-refractivity contribution in [3.63, 3.8) is 0 Å². The summed E-state index contributed by atoms with van der Waals surface area (Å²) < 4.78 is 39.7. The Kier molecular flexibility index (Phi) is 9.50. The fraction of sp³-hybridized carbons (Fsp3) is 0.519. The summed E-state index contributed by atoms with van der Waals surface area (Å²) in [5.74, 6) is 0.583. The van der Waals surface area contributed by atoms with Gasteiger partial charge in [-0.1, -0.05) is 37.6 Å². The molecule has 1 aliphatic rings. The summed E-state index contributed by atoms with van der Waals surface area (Å²) in [6.45, 7) is 10.4. The molecule has 0 unspecified atom stereocenters. The van der Waals surface area contributed by atoms with Crippen molar-refractivity contribution >= 4 is 27.7 Å². The first-order valence-corrected chi connectivity index (χ1v) is 14.2. The molecule has 1 heterocycles. The maximum absolute atomic E-state index is 13.5. The number of nitrogens with zero attached hydrogens (tertiary/aromatic N) is 2. The van der Waals surface area contributed by atoms with Crippen LogP contribution in [0.4, 0.5) is 4.79 Å². The summed E-state index contributed by atoms with van der Waals surface area (Å²) in [4.78, 5) is 13.9. The van der Waals surface area contributed by atoms with Gasteiger partial charge in [0.25, 0.3) is 0 Å². The van der Waals surface area contributed by atoms with Crippen molar-refractivity contribution in [3.05, 3.63) is 59.1 Å². The summed E-state index contributed by atoms with van der Waals surface area (Å²) in [7, 11) is -3.76. The van der Waals surface area contributed by atoms with Crippen molar-refractivity contribution in [1.29, 1.82) is 0 Å². The van der Waals surface area contributed by atoms with E-state index in [1.165, 1.54) is 21.3 Å². The number of aliphatic hydroxyl groups is 1. The number of rotatable bonds is 8.